The molecule has 1 fully saturated rings. The number of hydrogen-bond donors (Lipinski definition) is 0. The molecule has 1 heterocycles. The third kappa shape index (κ3) is 2.90. The minimum absolute atomic E-state index is 0.0472. The van der Waals surface area contributed by atoms with Gasteiger partial charge >= 0.3 is 0 Å². The average Bonchev–Trinajstić information content (AvgIpc) is 2.37. The third-order valence-corrected chi connectivity index (χ3v) is 3.76. The van der Waals surface area contributed by atoms with Crippen LogP contribution in [-0.4, -0.2) is 27.8 Å². The van der Waals surface area contributed by atoms with Gasteiger partial charge in [-0.25, -0.2) is 0 Å². The van der Waals surface area contributed by atoms with Gasteiger partial charge in [0.25, 0.3) is 0 Å². The topological polar surface area (TPSA) is 20.3 Å². The lowest BCUT2D eigenvalue weighted by molar-refractivity contribution is -0.134. The van der Waals surface area contributed by atoms with E-state index in [1.54, 1.807) is 0 Å². The van der Waals surface area contributed by atoms with Crippen molar-refractivity contribution >= 4 is 5.78 Å². The Hall–Kier alpha value is -0.370. The van der Waals surface area contributed by atoms with Crippen LogP contribution in [0.15, 0.2) is 0 Å². The van der Waals surface area contributed by atoms with Crippen molar-refractivity contribution in [3.05, 3.63) is 0 Å². The molecule has 0 radical (unpaired) electrons. The van der Waals surface area contributed by atoms with Gasteiger partial charge in [0.2, 0.25) is 0 Å². The average molecular weight is 239 g/mol. The summed E-state index contributed by atoms with van der Waals surface area (Å²) < 4.78 is 0. The Morgan fingerprint density at radius 2 is 1.59 bits per heavy atom. The van der Waals surface area contributed by atoms with Gasteiger partial charge < -0.3 is 0 Å². The molecular weight excluding hydrogens is 210 g/mol. The van der Waals surface area contributed by atoms with E-state index in [1.165, 1.54) is 0 Å². The fourth-order valence-electron chi connectivity index (χ4n) is 3.29. The molecule has 0 aromatic carbocycles. The van der Waals surface area contributed by atoms with E-state index in [2.05, 4.69) is 39.5 Å². The molecule has 2 heteroatoms. The molecule has 0 aliphatic carbocycles. The Morgan fingerprint density at radius 3 is 1.94 bits per heavy atom. The first-order valence-corrected chi connectivity index (χ1v) is 6.71. The number of carbonyl (C=O) groups is 1. The summed E-state index contributed by atoms with van der Waals surface area (Å²) in [7, 11) is 0. The van der Waals surface area contributed by atoms with Gasteiger partial charge in [-0.3, -0.25) is 9.69 Å². The fourth-order valence-corrected chi connectivity index (χ4v) is 3.29. The van der Waals surface area contributed by atoms with E-state index >= 15 is 0 Å². The number of Topliss-reactive ketones (excluding diaryl/α,β-unsaturated/α-hetero) is 1. The van der Waals surface area contributed by atoms with E-state index in [4.69, 9.17) is 0 Å². The Labute approximate surface area is 107 Å². The number of likely N-dealkylation sites (tertiary alicyclic amines) is 1. The van der Waals surface area contributed by atoms with Crippen LogP contribution in [0.3, 0.4) is 0 Å². The van der Waals surface area contributed by atoms with Crippen LogP contribution in [0.2, 0.25) is 0 Å². The second kappa shape index (κ2) is 4.08. The maximum atomic E-state index is 12.6. The molecule has 1 rings (SSSR count). The standard InChI is InChI=1S/C15H29NO/c1-13(2,3)12(17)11-9-10-15(7,8)16(11)14(4,5)6/h11H,9-10H2,1-8H3/t11-/m0/s1. The molecule has 0 aromatic rings. The van der Waals surface area contributed by atoms with Crippen LogP contribution in [0.4, 0.5) is 0 Å². The highest BCUT2D eigenvalue weighted by molar-refractivity contribution is 5.89. The quantitative estimate of drug-likeness (QED) is 0.696. The normalized spacial score (nSPS) is 26.2. The van der Waals surface area contributed by atoms with Gasteiger partial charge in [-0.05, 0) is 47.5 Å². The molecule has 100 valence electrons. The molecule has 2 nitrogen and oxygen atoms in total. The van der Waals surface area contributed by atoms with E-state index in [1.807, 2.05) is 20.8 Å². The highest BCUT2D eigenvalue weighted by Crippen LogP contribution is 2.41. The summed E-state index contributed by atoms with van der Waals surface area (Å²) >= 11 is 0. The Kier molecular flexibility index (Phi) is 3.53. The van der Waals surface area contributed by atoms with E-state index in [0.717, 1.165) is 12.8 Å². The SMILES string of the molecule is CC(C)(C)C(=O)[C@@H]1CCC(C)(C)N1C(C)(C)C. The minimum atomic E-state index is -0.241. The van der Waals surface area contributed by atoms with Crippen LogP contribution < -0.4 is 0 Å². The van der Waals surface area contributed by atoms with Crippen LogP contribution >= 0.6 is 0 Å². The zero-order valence-corrected chi connectivity index (χ0v) is 12.8. The van der Waals surface area contributed by atoms with Crippen LogP contribution in [-0.2, 0) is 4.79 Å². The predicted molar refractivity (Wildman–Crippen MR) is 73.2 cm³/mol. The molecule has 0 unspecified atom stereocenters. The van der Waals surface area contributed by atoms with Gasteiger partial charge in [-0.2, -0.15) is 0 Å². The van der Waals surface area contributed by atoms with Crippen molar-refractivity contribution in [1.82, 2.24) is 4.90 Å². The molecule has 1 atom stereocenters. The van der Waals surface area contributed by atoms with E-state index in [9.17, 15) is 4.79 Å². The first kappa shape index (κ1) is 14.7. The molecule has 17 heavy (non-hydrogen) atoms. The zero-order chi connectivity index (χ0) is 13.6. The Balaban J connectivity index is 3.07. The van der Waals surface area contributed by atoms with Gasteiger partial charge in [0.05, 0.1) is 6.04 Å². The van der Waals surface area contributed by atoms with Crippen molar-refractivity contribution in [2.75, 3.05) is 0 Å². The lowest BCUT2D eigenvalue weighted by Gasteiger charge is -2.46. The van der Waals surface area contributed by atoms with Gasteiger partial charge in [0.15, 0.2) is 5.78 Å². The molecule has 1 saturated heterocycles. The number of hydrogen-bond acceptors (Lipinski definition) is 2. The Bertz CT molecular complexity index is 304. The zero-order valence-electron chi connectivity index (χ0n) is 12.8. The molecule has 0 saturated carbocycles. The maximum absolute atomic E-state index is 12.6. The van der Waals surface area contributed by atoms with Crippen molar-refractivity contribution in [2.24, 2.45) is 5.41 Å². The van der Waals surface area contributed by atoms with Gasteiger partial charge in [0.1, 0.15) is 0 Å². The molecule has 0 amide bonds. The number of nitrogens with zero attached hydrogens (tertiary/aromatic N) is 1. The lowest BCUT2D eigenvalue weighted by atomic mass is 9.84. The van der Waals surface area contributed by atoms with E-state index in [-0.39, 0.29) is 22.5 Å². The van der Waals surface area contributed by atoms with Crippen molar-refractivity contribution in [3.8, 4) is 0 Å². The summed E-state index contributed by atoms with van der Waals surface area (Å²) in [6, 6.07) is 0.0880. The van der Waals surface area contributed by atoms with E-state index < -0.39 is 0 Å². The molecule has 0 aromatic heterocycles. The summed E-state index contributed by atoms with van der Waals surface area (Å²) in [5.41, 5.74) is -0.0655. The molecule has 1 aliphatic rings. The second-order valence-corrected chi connectivity index (χ2v) is 8.02. The van der Waals surface area contributed by atoms with Crippen molar-refractivity contribution < 1.29 is 4.79 Å². The van der Waals surface area contributed by atoms with Crippen LogP contribution in [0.1, 0.15) is 68.2 Å². The summed E-state index contributed by atoms with van der Waals surface area (Å²) in [5.74, 6) is 0.387. The molecule has 0 spiro atoms. The molecule has 0 bridgehead atoms. The van der Waals surface area contributed by atoms with E-state index in [0.29, 0.717) is 5.78 Å². The van der Waals surface area contributed by atoms with Gasteiger partial charge in [0, 0.05) is 16.5 Å². The number of carbonyl (C=O) groups excluding carboxylic acids is 1. The first-order chi connectivity index (χ1) is 7.37. The smallest absolute Gasteiger partial charge is 0.155 e. The largest absolute Gasteiger partial charge is 0.297 e. The second-order valence-electron chi connectivity index (χ2n) is 8.02. The molecule has 0 N–H and O–H groups in total. The monoisotopic (exact) mass is 239 g/mol. The molecule has 1 aliphatic heterocycles. The minimum Gasteiger partial charge on any atom is -0.297 e. The summed E-state index contributed by atoms with van der Waals surface area (Å²) in [6.07, 6.45) is 2.11. The van der Waals surface area contributed by atoms with Crippen LogP contribution in [0.5, 0.6) is 0 Å². The first-order valence-electron chi connectivity index (χ1n) is 6.71. The van der Waals surface area contributed by atoms with Gasteiger partial charge in [-0.15, -0.1) is 0 Å². The molecular formula is C15H29NO. The highest BCUT2D eigenvalue weighted by atomic mass is 16.1. The predicted octanol–water partition coefficient (Wildman–Crippen LogP) is 3.64. The summed E-state index contributed by atoms with van der Waals surface area (Å²) in [6.45, 7) is 17.2. The van der Waals surface area contributed by atoms with Crippen molar-refractivity contribution in [3.63, 3.8) is 0 Å². The van der Waals surface area contributed by atoms with Crippen LogP contribution in [0, 0.1) is 5.41 Å². The number of ketones is 1. The van der Waals surface area contributed by atoms with Gasteiger partial charge in [-0.1, -0.05) is 20.8 Å². The lowest BCUT2D eigenvalue weighted by Crippen LogP contribution is -2.57. The van der Waals surface area contributed by atoms with Crippen molar-refractivity contribution in [1.29, 1.82) is 0 Å². The third-order valence-electron chi connectivity index (χ3n) is 3.76. The van der Waals surface area contributed by atoms with Crippen molar-refractivity contribution in [2.45, 2.75) is 85.4 Å². The van der Waals surface area contributed by atoms with Crippen LogP contribution in [0.25, 0.3) is 0 Å². The Morgan fingerprint density at radius 1 is 1.12 bits per heavy atom. The summed E-state index contributed by atoms with van der Waals surface area (Å²) in [4.78, 5) is 15.0. The highest BCUT2D eigenvalue weighted by Gasteiger charge is 2.49. The summed E-state index contributed by atoms with van der Waals surface area (Å²) in [5, 5.41) is 0. The fraction of sp³-hybridized carbons (Fsp3) is 0.933. The number of rotatable bonds is 1. The maximum Gasteiger partial charge on any atom is 0.155 e.